The summed E-state index contributed by atoms with van der Waals surface area (Å²) in [6.45, 7) is 8.00. The number of hydrogen-bond acceptors (Lipinski definition) is 9. The number of aromatic amines is 1. The van der Waals surface area contributed by atoms with Crippen molar-refractivity contribution in [1.29, 1.82) is 0 Å². The fourth-order valence-corrected chi connectivity index (χ4v) is 10.6. The van der Waals surface area contributed by atoms with E-state index in [4.69, 9.17) is 24.2 Å². The molecule has 3 aromatic rings. The van der Waals surface area contributed by atoms with Gasteiger partial charge in [-0.3, -0.25) is 19.4 Å². The zero-order valence-electron chi connectivity index (χ0n) is 35.9. The number of benzene rings is 2. The highest BCUT2D eigenvalue weighted by molar-refractivity contribution is 5.99. The van der Waals surface area contributed by atoms with Crippen molar-refractivity contribution in [1.82, 2.24) is 25.1 Å². The zero-order chi connectivity index (χ0) is 42.7. The largest absolute Gasteiger partial charge is 0.469 e. The minimum Gasteiger partial charge on any atom is -0.469 e. The van der Waals surface area contributed by atoms with Gasteiger partial charge in [0.15, 0.2) is 0 Å². The monoisotopic (exact) mass is 828 g/mol. The van der Waals surface area contributed by atoms with Gasteiger partial charge in [-0.15, -0.1) is 0 Å². The Kier molecular flexibility index (Phi) is 11.0. The number of alkyl carbamates (subject to hydrolysis) is 1. The predicted octanol–water partition coefficient (Wildman–Crippen LogP) is 6.72. The molecule has 4 aliphatic heterocycles. The van der Waals surface area contributed by atoms with Crippen molar-refractivity contribution in [2.75, 3.05) is 14.2 Å². The third-order valence-corrected chi connectivity index (χ3v) is 14.0. The van der Waals surface area contributed by atoms with Crippen LogP contribution in [0.5, 0.6) is 0 Å². The Hall–Kier alpha value is -5.48. The molecule has 0 spiro atoms. The van der Waals surface area contributed by atoms with E-state index in [0.717, 1.165) is 70.4 Å². The van der Waals surface area contributed by atoms with Crippen LogP contribution in [0.3, 0.4) is 0 Å². The van der Waals surface area contributed by atoms with E-state index in [9.17, 15) is 19.2 Å². The van der Waals surface area contributed by atoms with Gasteiger partial charge in [0.05, 0.1) is 62.7 Å². The van der Waals surface area contributed by atoms with Crippen LogP contribution >= 0.6 is 0 Å². The summed E-state index contributed by atoms with van der Waals surface area (Å²) in [5, 5.41) is 5.03. The summed E-state index contributed by atoms with van der Waals surface area (Å²) in [6, 6.07) is 11.9. The van der Waals surface area contributed by atoms with Gasteiger partial charge in [-0.05, 0) is 105 Å². The number of hydrogen-bond donors (Lipinski definition) is 2. The molecule has 13 nitrogen and oxygen atoms in total. The fourth-order valence-electron chi connectivity index (χ4n) is 10.6. The molecule has 2 saturated carbocycles. The predicted molar refractivity (Wildman–Crippen MR) is 229 cm³/mol. The van der Waals surface area contributed by atoms with Gasteiger partial charge in [-0.25, -0.2) is 9.78 Å². The third kappa shape index (κ3) is 8.19. The average molecular weight is 829 g/mol. The average Bonchev–Trinajstić information content (AvgIpc) is 3.84. The van der Waals surface area contributed by atoms with E-state index in [1.54, 1.807) is 0 Å². The van der Waals surface area contributed by atoms with Gasteiger partial charge in [-0.1, -0.05) is 43.9 Å². The minimum absolute atomic E-state index is 0.00262. The summed E-state index contributed by atoms with van der Waals surface area (Å²) in [4.78, 5) is 70.1. The molecule has 2 aromatic carbocycles. The van der Waals surface area contributed by atoms with Crippen molar-refractivity contribution in [3.8, 4) is 23.1 Å². The van der Waals surface area contributed by atoms with Crippen molar-refractivity contribution in [2.24, 2.45) is 34.6 Å². The van der Waals surface area contributed by atoms with Crippen LogP contribution in [0.2, 0.25) is 0 Å². The van der Waals surface area contributed by atoms with Gasteiger partial charge < -0.3 is 34.3 Å². The van der Waals surface area contributed by atoms with E-state index in [2.05, 4.69) is 52.5 Å². The van der Waals surface area contributed by atoms with Gasteiger partial charge >= 0.3 is 12.1 Å². The normalized spacial score (nSPS) is 29.5. The molecular formula is C48H56N6O7. The number of ether oxygens (including phenoxy) is 3. The summed E-state index contributed by atoms with van der Waals surface area (Å²) in [5.74, 6) is 7.51. The first-order valence-electron chi connectivity index (χ1n) is 22.0. The van der Waals surface area contributed by atoms with Gasteiger partial charge in [0.25, 0.3) is 0 Å². The van der Waals surface area contributed by atoms with E-state index in [1.807, 2.05) is 56.0 Å². The van der Waals surface area contributed by atoms with Crippen LogP contribution in [0.1, 0.15) is 96.5 Å². The van der Waals surface area contributed by atoms with E-state index in [-0.39, 0.29) is 72.4 Å². The molecular weight excluding hydrogens is 773 g/mol. The van der Waals surface area contributed by atoms with Crippen molar-refractivity contribution in [3.05, 3.63) is 65.8 Å². The lowest BCUT2D eigenvalue weighted by atomic mass is 9.85. The smallest absolute Gasteiger partial charge is 0.407 e. The molecule has 11 atom stereocenters. The van der Waals surface area contributed by atoms with Crippen molar-refractivity contribution < 1.29 is 33.4 Å². The van der Waals surface area contributed by atoms with E-state index in [1.165, 1.54) is 14.2 Å². The highest BCUT2D eigenvalue weighted by Crippen LogP contribution is 2.54. The number of methoxy groups -OCH3 is 2. The highest BCUT2D eigenvalue weighted by Gasteiger charge is 2.58. The second-order valence-corrected chi connectivity index (χ2v) is 18.5. The number of carbonyl (C=O) groups is 4. The molecule has 9 rings (SSSR count). The van der Waals surface area contributed by atoms with E-state index < -0.39 is 18.1 Å². The number of nitrogens with one attached hydrogen (secondary N) is 2. The molecule has 5 heterocycles. The molecule has 5 fully saturated rings. The first-order chi connectivity index (χ1) is 29.4. The van der Waals surface area contributed by atoms with Crippen LogP contribution < -0.4 is 5.32 Å². The first kappa shape index (κ1) is 40.9. The molecule has 3 amide bonds. The molecule has 61 heavy (non-hydrogen) atoms. The molecule has 6 aliphatic rings. The summed E-state index contributed by atoms with van der Waals surface area (Å²) < 4.78 is 15.8. The number of aromatic nitrogens is 2. The number of esters is 1. The lowest BCUT2D eigenvalue weighted by Crippen LogP contribution is -2.57. The number of amides is 3. The molecule has 0 radical (unpaired) electrons. The number of aliphatic imine (C=N–C) groups is 1. The second-order valence-electron chi connectivity index (χ2n) is 18.5. The van der Waals surface area contributed by atoms with Gasteiger partial charge in [0.2, 0.25) is 11.8 Å². The van der Waals surface area contributed by atoms with E-state index in [0.29, 0.717) is 31.1 Å². The standard InChI is InChI=1S/C48H56N6O7/c1-25(2)36(22-43(55)59-5)46(56)54-40-19-34(40)21-42(54)45-50-24-38(51-45)32-12-11-30-15-28(9-10-31(30)17-32)7-8-29-16-37(49-23-29)41-20-33-18-39(33)53(41)47(57)44(52-48(58)60-6)35-13-26(3)61-27(4)14-35/h9-12,15,17,23-27,33-36,39-42,44H,13-14,16,18-22H2,1-6H3,(H,50,51)(H,52,58)/t26-,27+,33-,34-,35?,36+,39-,40-,41+,42+,44+/m1/s1. The number of imidazole rings is 1. The summed E-state index contributed by atoms with van der Waals surface area (Å²) in [5.41, 5.74) is 4.64. The van der Waals surface area contributed by atoms with Crippen LogP contribution in [0.15, 0.2) is 59.4 Å². The Morgan fingerprint density at radius 2 is 1.56 bits per heavy atom. The number of carbonyl (C=O) groups excluding carboxylic acids is 4. The van der Waals surface area contributed by atoms with Crippen LogP contribution in [0.25, 0.3) is 22.0 Å². The van der Waals surface area contributed by atoms with Crippen LogP contribution in [-0.2, 0) is 28.6 Å². The number of likely N-dealkylation sites (tertiary alicyclic amines) is 2. The highest BCUT2D eigenvalue weighted by atomic mass is 16.5. The van der Waals surface area contributed by atoms with Crippen molar-refractivity contribution in [2.45, 2.75) is 121 Å². The molecule has 13 heteroatoms. The van der Waals surface area contributed by atoms with Gasteiger partial charge in [0, 0.05) is 47.1 Å². The zero-order valence-corrected chi connectivity index (χ0v) is 35.9. The Bertz CT molecular complexity index is 2360. The van der Waals surface area contributed by atoms with E-state index >= 15 is 0 Å². The molecule has 2 N–H and O–H groups in total. The molecule has 0 bridgehead atoms. The lowest BCUT2D eigenvalue weighted by molar-refractivity contribution is -0.149. The quantitative estimate of drug-likeness (QED) is 0.169. The number of nitrogens with zero attached hydrogens (tertiary/aromatic N) is 4. The topological polar surface area (TPSA) is 156 Å². The van der Waals surface area contributed by atoms with Crippen LogP contribution in [-0.4, -0.2) is 100.0 Å². The number of fused-ring (bicyclic) bond motifs is 3. The maximum Gasteiger partial charge on any atom is 0.407 e. The first-order valence-corrected chi connectivity index (χ1v) is 22.0. The van der Waals surface area contributed by atoms with Crippen molar-refractivity contribution >= 4 is 40.4 Å². The summed E-state index contributed by atoms with van der Waals surface area (Å²) in [6.07, 6.45) is 8.84. The Labute approximate surface area is 357 Å². The molecule has 1 unspecified atom stereocenters. The maximum atomic E-state index is 14.4. The van der Waals surface area contributed by atoms with Crippen LogP contribution in [0.4, 0.5) is 4.79 Å². The lowest BCUT2D eigenvalue weighted by Gasteiger charge is -2.39. The Balaban J connectivity index is 0.852. The summed E-state index contributed by atoms with van der Waals surface area (Å²) in [7, 11) is 2.69. The number of piperidine rings is 2. The molecule has 320 valence electrons. The minimum atomic E-state index is -0.687. The third-order valence-electron chi connectivity index (χ3n) is 14.0. The van der Waals surface area contributed by atoms with Crippen molar-refractivity contribution in [3.63, 3.8) is 0 Å². The summed E-state index contributed by atoms with van der Waals surface area (Å²) >= 11 is 0. The number of H-pyrrole nitrogens is 1. The number of rotatable bonds is 10. The van der Waals surface area contributed by atoms with Crippen LogP contribution in [0, 0.1) is 41.4 Å². The Morgan fingerprint density at radius 1 is 0.869 bits per heavy atom. The molecule has 1 aromatic heterocycles. The SMILES string of the molecule is COC(=O)C[C@H](C(=O)N1[C@@H]2C[C@@H]2C[C@H]1c1ncc(-c2ccc3cc(C#CC4=CN=C([C@@H]5C[C@H]6C[C@H]6N5C(=O)[C@@H](NC(=O)OC)C5C[C@@H](C)O[C@@H](C)C5)C4)ccc3c2)[nH]1)C(C)C. The second kappa shape index (κ2) is 16.4. The molecule has 3 saturated heterocycles. The molecule has 2 aliphatic carbocycles. The van der Waals surface area contributed by atoms with Gasteiger partial charge in [0.1, 0.15) is 11.9 Å². The van der Waals surface area contributed by atoms with Gasteiger partial charge in [-0.2, -0.15) is 0 Å². The number of allylic oxidation sites excluding steroid dienone is 1. The fraction of sp³-hybridized carbons (Fsp3) is 0.542. The maximum absolute atomic E-state index is 14.4. The Morgan fingerprint density at radius 3 is 2.26 bits per heavy atom.